The Kier molecular flexibility index (Phi) is 14.0. The van der Waals surface area contributed by atoms with Gasteiger partial charge in [0.1, 0.15) is 40.8 Å². The molecule has 4 atom stereocenters. The SMILES string of the molecule is CC(C)[C@@H](NC(=O)OC(C)(C)C)C(=O)N1CCC[C@H]1C(=O)NCc1ccc(C#Cc2cnc([C@@H]3CCCN3C(=O)[C@H](NC(=O)OC(C)(C)C)C(C)C)[nH]2)cc1. The van der Waals surface area contributed by atoms with Gasteiger partial charge in [-0.3, -0.25) is 14.4 Å². The Morgan fingerprint density at radius 2 is 1.33 bits per heavy atom. The van der Waals surface area contributed by atoms with Gasteiger partial charge >= 0.3 is 12.2 Å². The van der Waals surface area contributed by atoms with Crippen molar-refractivity contribution in [1.29, 1.82) is 0 Å². The highest BCUT2D eigenvalue weighted by Gasteiger charge is 2.40. The highest BCUT2D eigenvalue weighted by Crippen LogP contribution is 2.31. The summed E-state index contributed by atoms with van der Waals surface area (Å²) in [6.07, 6.45) is 3.14. The number of ether oxygens (including phenoxy) is 2. The normalized spacial score (nSPS) is 18.3. The van der Waals surface area contributed by atoms with Gasteiger partial charge in [0, 0.05) is 25.2 Å². The molecule has 0 spiro atoms. The van der Waals surface area contributed by atoms with Crippen LogP contribution in [0.3, 0.4) is 0 Å². The van der Waals surface area contributed by atoms with Crippen molar-refractivity contribution in [1.82, 2.24) is 35.7 Å². The molecule has 300 valence electrons. The van der Waals surface area contributed by atoms with E-state index >= 15 is 0 Å². The Balaban J connectivity index is 1.33. The summed E-state index contributed by atoms with van der Waals surface area (Å²) < 4.78 is 10.8. The van der Waals surface area contributed by atoms with E-state index in [2.05, 4.69) is 37.8 Å². The summed E-state index contributed by atoms with van der Waals surface area (Å²) >= 11 is 0. The number of aromatic amines is 1. The van der Waals surface area contributed by atoms with E-state index in [0.29, 0.717) is 37.4 Å². The standard InChI is InChI=1S/C41H59N7O7/c1-25(2)32(45-38(52)54-40(5,6)7)36(50)47-21-11-13-30(47)34-42-24-29(44-34)20-19-27-15-17-28(18-16-27)23-43-35(49)31-14-12-22-48(31)37(51)33(26(3)4)46-39(53)55-41(8,9)10/h15-18,24-26,30-33H,11-14,21-23H2,1-10H3,(H,42,44)(H,43,49)(H,45,52)(H,46,53)/t30-,31-,32+,33+/m0/s1. The lowest BCUT2D eigenvalue weighted by atomic mass is 10.0. The molecule has 2 saturated heterocycles. The number of hydrogen-bond donors (Lipinski definition) is 4. The zero-order valence-corrected chi connectivity index (χ0v) is 34.0. The third kappa shape index (κ3) is 12.2. The van der Waals surface area contributed by atoms with Gasteiger partial charge in [0.05, 0.1) is 12.2 Å². The van der Waals surface area contributed by atoms with Crippen molar-refractivity contribution in [2.24, 2.45) is 11.8 Å². The van der Waals surface area contributed by atoms with Gasteiger partial charge in [0.15, 0.2) is 0 Å². The number of benzene rings is 1. The summed E-state index contributed by atoms with van der Waals surface area (Å²) in [7, 11) is 0. The highest BCUT2D eigenvalue weighted by atomic mass is 16.6. The highest BCUT2D eigenvalue weighted by molar-refractivity contribution is 5.92. The molecule has 0 aliphatic carbocycles. The lowest BCUT2D eigenvalue weighted by Gasteiger charge is -2.31. The van der Waals surface area contributed by atoms with Crippen LogP contribution in [0.4, 0.5) is 9.59 Å². The van der Waals surface area contributed by atoms with E-state index in [0.717, 1.165) is 24.0 Å². The van der Waals surface area contributed by atoms with Crippen LogP contribution in [0, 0.1) is 23.7 Å². The molecular weight excluding hydrogens is 702 g/mol. The molecular formula is C41H59N7O7. The van der Waals surface area contributed by atoms with Crippen molar-refractivity contribution in [2.75, 3.05) is 13.1 Å². The quantitative estimate of drug-likeness (QED) is 0.240. The molecule has 4 rings (SSSR count). The molecule has 1 aromatic carbocycles. The van der Waals surface area contributed by atoms with Crippen LogP contribution in [0.2, 0.25) is 0 Å². The van der Waals surface area contributed by atoms with Crippen LogP contribution < -0.4 is 16.0 Å². The third-order valence-electron chi connectivity index (χ3n) is 9.26. The van der Waals surface area contributed by atoms with Crippen molar-refractivity contribution in [3.63, 3.8) is 0 Å². The molecule has 0 radical (unpaired) electrons. The number of nitrogens with one attached hydrogen (secondary N) is 4. The maximum Gasteiger partial charge on any atom is 0.408 e. The molecule has 2 fully saturated rings. The van der Waals surface area contributed by atoms with Gasteiger partial charge in [-0.2, -0.15) is 0 Å². The van der Waals surface area contributed by atoms with E-state index in [-0.39, 0.29) is 42.1 Å². The Bertz CT molecular complexity index is 1740. The summed E-state index contributed by atoms with van der Waals surface area (Å²) in [5.74, 6) is 5.83. The summed E-state index contributed by atoms with van der Waals surface area (Å²) in [6, 6.07) is 5.07. The second kappa shape index (κ2) is 18.0. The number of rotatable bonds is 10. The fourth-order valence-electron chi connectivity index (χ4n) is 6.59. The number of aromatic nitrogens is 2. The molecule has 4 N–H and O–H groups in total. The van der Waals surface area contributed by atoms with Crippen LogP contribution in [-0.2, 0) is 30.4 Å². The molecule has 5 amide bonds. The molecule has 2 aliphatic rings. The molecule has 0 bridgehead atoms. The second-order valence-electron chi connectivity index (χ2n) is 17.0. The van der Waals surface area contributed by atoms with Crippen molar-refractivity contribution < 1.29 is 33.4 Å². The summed E-state index contributed by atoms with van der Waals surface area (Å²) in [5, 5.41) is 8.43. The first kappa shape index (κ1) is 42.7. The molecule has 55 heavy (non-hydrogen) atoms. The number of hydrogen-bond acceptors (Lipinski definition) is 8. The smallest absolute Gasteiger partial charge is 0.408 e. The zero-order valence-electron chi connectivity index (χ0n) is 34.0. The second-order valence-corrected chi connectivity index (χ2v) is 17.0. The van der Waals surface area contributed by atoms with Gasteiger partial charge in [-0.05, 0) is 103 Å². The van der Waals surface area contributed by atoms with Crippen molar-refractivity contribution in [3.8, 4) is 11.8 Å². The van der Waals surface area contributed by atoms with Crippen LogP contribution in [0.5, 0.6) is 0 Å². The van der Waals surface area contributed by atoms with Crippen LogP contribution >= 0.6 is 0 Å². The third-order valence-corrected chi connectivity index (χ3v) is 9.26. The molecule has 2 aliphatic heterocycles. The van der Waals surface area contributed by atoms with E-state index < -0.39 is 41.5 Å². The van der Waals surface area contributed by atoms with Gasteiger partial charge in [-0.25, -0.2) is 14.6 Å². The lowest BCUT2D eigenvalue weighted by molar-refractivity contribution is -0.140. The molecule has 3 heterocycles. The monoisotopic (exact) mass is 761 g/mol. The van der Waals surface area contributed by atoms with Gasteiger partial charge in [0.2, 0.25) is 17.7 Å². The number of H-pyrrole nitrogens is 1. The van der Waals surface area contributed by atoms with E-state index in [9.17, 15) is 24.0 Å². The summed E-state index contributed by atoms with van der Waals surface area (Å²) in [5.41, 5.74) is 0.862. The molecule has 2 aromatic rings. The minimum atomic E-state index is -0.816. The number of imidazole rings is 1. The number of carbonyl (C=O) groups excluding carboxylic acids is 5. The number of alkyl carbamates (subject to hydrolysis) is 2. The Morgan fingerprint density at radius 1 is 0.800 bits per heavy atom. The van der Waals surface area contributed by atoms with E-state index in [4.69, 9.17) is 9.47 Å². The van der Waals surface area contributed by atoms with Gasteiger partial charge in [0.25, 0.3) is 0 Å². The predicted molar refractivity (Wildman–Crippen MR) is 207 cm³/mol. The fourth-order valence-corrected chi connectivity index (χ4v) is 6.59. The van der Waals surface area contributed by atoms with E-state index in [1.54, 1.807) is 57.5 Å². The minimum Gasteiger partial charge on any atom is -0.444 e. The zero-order chi connectivity index (χ0) is 40.7. The molecule has 0 saturated carbocycles. The van der Waals surface area contributed by atoms with Gasteiger partial charge < -0.3 is 40.2 Å². The number of carbonyl (C=O) groups is 5. The minimum absolute atomic E-state index is 0.144. The van der Waals surface area contributed by atoms with Gasteiger partial charge in [-0.1, -0.05) is 45.7 Å². The molecule has 14 heteroatoms. The van der Waals surface area contributed by atoms with Crippen LogP contribution in [0.15, 0.2) is 30.5 Å². The van der Waals surface area contributed by atoms with Crippen molar-refractivity contribution in [2.45, 2.75) is 137 Å². The predicted octanol–water partition coefficient (Wildman–Crippen LogP) is 5.18. The average molecular weight is 762 g/mol. The van der Waals surface area contributed by atoms with Crippen molar-refractivity contribution in [3.05, 3.63) is 53.1 Å². The van der Waals surface area contributed by atoms with Crippen molar-refractivity contribution >= 4 is 29.9 Å². The molecule has 0 unspecified atom stereocenters. The first-order chi connectivity index (χ1) is 25.7. The van der Waals surface area contributed by atoms with Crippen LogP contribution in [0.1, 0.15) is 124 Å². The number of likely N-dealkylation sites (tertiary alicyclic amines) is 2. The fraction of sp³-hybridized carbons (Fsp3) is 0.610. The maximum absolute atomic E-state index is 13.7. The largest absolute Gasteiger partial charge is 0.444 e. The van der Waals surface area contributed by atoms with Gasteiger partial charge in [-0.15, -0.1) is 0 Å². The molecule has 14 nitrogen and oxygen atoms in total. The Morgan fingerprint density at radius 3 is 1.87 bits per heavy atom. The summed E-state index contributed by atoms with van der Waals surface area (Å²) in [6.45, 7) is 19.3. The summed E-state index contributed by atoms with van der Waals surface area (Å²) in [4.78, 5) is 76.6. The van der Waals surface area contributed by atoms with E-state index in [1.165, 1.54) is 0 Å². The topological polar surface area (TPSA) is 175 Å². The van der Waals surface area contributed by atoms with Crippen LogP contribution in [-0.4, -0.2) is 92.1 Å². The first-order valence-electron chi connectivity index (χ1n) is 19.3. The first-order valence-corrected chi connectivity index (χ1v) is 19.3. The van der Waals surface area contributed by atoms with Crippen LogP contribution in [0.25, 0.3) is 0 Å². The number of nitrogens with zero attached hydrogens (tertiary/aromatic N) is 3. The average Bonchev–Trinajstić information content (AvgIpc) is 3.87. The Labute approximate surface area is 325 Å². The number of amides is 5. The molecule has 1 aromatic heterocycles. The lowest BCUT2D eigenvalue weighted by Crippen LogP contribution is -2.55. The van der Waals surface area contributed by atoms with E-state index in [1.807, 2.05) is 52.0 Å². The maximum atomic E-state index is 13.7. The Hall–Kier alpha value is -5.06.